The van der Waals surface area contributed by atoms with Crippen molar-refractivity contribution in [3.63, 3.8) is 0 Å². The SMILES string of the molecule is O[Si](Cc1ccccc1)(c1ccccc1)c1ccccc1. The Kier molecular flexibility index (Phi) is 4.00. The lowest BCUT2D eigenvalue weighted by molar-refractivity contribution is 0.564. The van der Waals surface area contributed by atoms with Crippen molar-refractivity contribution in [2.45, 2.75) is 6.04 Å². The highest BCUT2D eigenvalue weighted by molar-refractivity contribution is 6.96. The predicted molar refractivity (Wildman–Crippen MR) is 90.3 cm³/mol. The molecule has 2 heteroatoms. The molecular formula is C19H18OSi. The Morgan fingerprint density at radius 1 is 0.571 bits per heavy atom. The van der Waals surface area contributed by atoms with Gasteiger partial charge in [0.1, 0.15) is 0 Å². The minimum atomic E-state index is -2.74. The van der Waals surface area contributed by atoms with E-state index in [0.29, 0.717) is 6.04 Å². The standard InChI is InChI=1S/C19H18OSi/c20-21(18-12-6-2-7-13-18,19-14-8-3-9-15-19)16-17-10-4-1-5-11-17/h1-15,20H,16H2. The van der Waals surface area contributed by atoms with Crippen molar-refractivity contribution in [1.29, 1.82) is 0 Å². The maximum Gasteiger partial charge on any atom is 0.256 e. The highest BCUT2D eigenvalue weighted by Gasteiger charge is 2.35. The molecule has 0 amide bonds. The van der Waals surface area contributed by atoms with Crippen LogP contribution in [0, 0.1) is 0 Å². The summed E-state index contributed by atoms with van der Waals surface area (Å²) in [6, 6.07) is 31.1. The van der Waals surface area contributed by atoms with Gasteiger partial charge in [-0.15, -0.1) is 0 Å². The first-order chi connectivity index (χ1) is 10.3. The van der Waals surface area contributed by atoms with Crippen LogP contribution in [-0.4, -0.2) is 13.1 Å². The van der Waals surface area contributed by atoms with E-state index in [1.165, 1.54) is 5.56 Å². The third kappa shape index (κ3) is 2.97. The molecule has 0 bridgehead atoms. The molecule has 0 aliphatic heterocycles. The molecule has 0 heterocycles. The Morgan fingerprint density at radius 2 is 0.952 bits per heavy atom. The van der Waals surface area contributed by atoms with Gasteiger partial charge in [0.15, 0.2) is 0 Å². The Bertz CT molecular complexity index is 641. The van der Waals surface area contributed by atoms with Crippen LogP contribution in [0.2, 0.25) is 0 Å². The topological polar surface area (TPSA) is 20.2 Å². The second-order valence-corrected chi connectivity index (χ2v) is 8.48. The molecule has 104 valence electrons. The first kappa shape index (κ1) is 13.8. The quantitative estimate of drug-likeness (QED) is 0.732. The molecule has 0 aliphatic carbocycles. The van der Waals surface area contributed by atoms with Gasteiger partial charge in [-0.2, -0.15) is 0 Å². The van der Waals surface area contributed by atoms with Crippen LogP contribution in [0.15, 0.2) is 91.0 Å². The van der Waals surface area contributed by atoms with Crippen LogP contribution in [-0.2, 0) is 6.04 Å². The van der Waals surface area contributed by atoms with E-state index in [1.54, 1.807) is 0 Å². The van der Waals surface area contributed by atoms with Crippen molar-refractivity contribution >= 4 is 18.7 Å². The van der Waals surface area contributed by atoms with Gasteiger partial charge in [0.05, 0.1) is 0 Å². The monoisotopic (exact) mass is 290 g/mol. The first-order valence-corrected chi connectivity index (χ1v) is 9.32. The van der Waals surface area contributed by atoms with Gasteiger partial charge in [-0.05, 0) is 22.0 Å². The molecule has 0 saturated carbocycles. The fourth-order valence-electron chi connectivity index (χ4n) is 2.69. The molecule has 0 aliphatic rings. The van der Waals surface area contributed by atoms with Gasteiger partial charge in [-0.25, -0.2) is 0 Å². The second-order valence-electron chi connectivity index (χ2n) is 5.25. The highest BCUT2D eigenvalue weighted by atomic mass is 28.4. The zero-order valence-corrected chi connectivity index (χ0v) is 12.8. The molecule has 1 nitrogen and oxygen atoms in total. The number of hydrogen-bond acceptors (Lipinski definition) is 1. The summed E-state index contributed by atoms with van der Waals surface area (Å²) in [5, 5.41) is 2.11. The summed E-state index contributed by atoms with van der Waals surface area (Å²) >= 11 is 0. The summed E-state index contributed by atoms with van der Waals surface area (Å²) in [7, 11) is -2.74. The van der Waals surface area contributed by atoms with Crippen LogP contribution in [0.25, 0.3) is 0 Å². The predicted octanol–water partition coefficient (Wildman–Crippen LogP) is 2.52. The molecule has 3 aromatic rings. The number of benzene rings is 3. The summed E-state index contributed by atoms with van der Waals surface area (Å²) in [5.41, 5.74) is 1.18. The summed E-state index contributed by atoms with van der Waals surface area (Å²) in [6.07, 6.45) is 0. The van der Waals surface area contributed by atoms with Gasteiger partial charge >= 0.3 is 0 Å². The van der Waals surface area contributed by atoms with Crippen LogP contribution < -0.4 is 10.4 Å². The lowest BCUT2D eigenvalue weighted by atomic mass is 10.2. The van der Waals surface area contributed by atoms with Crippen molar-refractivity contribution in [1.82, 2.24) is 0 Å². The molecule has 0 spiro atoms. The van der Waals surface area contributed by atoms with Gasteiger partial charge in [0.25, 0.3) is 8.32 Å². The van der Waals surface area contributed by atoms with Crippen LogP contribution in [0.5, 0.6) is 0 Å². The molecule has 3 rings (SSSR count). The average molecular weight is 290 g/mol. The Morgan fingerprint density at radius 3 is 1.38 bits per heavy atom. The summed E-state index contributed by atoms with van der Waals surface area (Å²) < 4.78 is 0. The van der Waals surface area contributed by atoms with Gasteiger partial charge in [0, 0.05) is 0 Å². The van der Waals surface area contributed by atoms with Gasteiger partial charge in [0.2, 0.25) is 0 Å². The van der Waals surface area contributed by atoms with Crippen LogP contribution in [0.3, 0.4) is 0 Å². The van der Waals surface area contributed by atoms with Crippen molar-refractivity contribution in [3.05, 3.63) is 96.6 Å². The van der Waals surface area contributed by atoms with Crippen molar-refractivity contribution in [3.8, 4) is 0 Å². The van der Waals surface area contributed by atoms with Crippen LogP contribution in [0.4, 0.5) is 0 Å². The fraction of sp³-hybridized carbons (Fsp3) is 0.0526. The third-order valence-electron chi connectivity index (χ3n) is 3.81. The van der Waals surface area contributed by atoms with Crippen LogP contribution in [0.1, 0.15) is 5.56 Å². The molecule has 0 saturated heterocycles. The summed E-state index contributed by atoms with van der Waals surface area (Å²) in [4.78, 5) is 11.5. The average Bonchev–Trinajstić information content (AvgIpc) is 2.57. The van der Waals surface area contributed by atoms with E-state index in [1.807, 2.05) is 78.9 Å². The van der Waals surface area contributed by atoms with Crippen molar-refractivity contribution in [2.75, 3.05) is 0 Å². The zero-order valence-electron chi connectivity index (χ0n) is 11.8. The Labute approximate surface area is 126 Å². The zero-order chi connectivity index (χ0) is 14.5. The largest absolute Gasteiger partial charge is 0.424 e. The molecule has 0 atom stereocenters. The lowest BCUT2D eigenvalue weighted by Gasteiger charge is -2.26. The molecule has 1 N–H and O–H groups in total. The summed E-state index contributed by atoms with van der Waals surface area (Å²) in [5.74, 6) is 0. The Balaban J connectivity index is 2.07. The molecule has 3 aromatic carbocycles. The second kappa shape index (κ2) is 6.08. The minimum Gasteiger partial charge on any atom is -0.424 e. The Hall–Kier alpha value is -2.16. The van der Waals surface area contributed by atoms with E-state index in [4.69, 9.17) is 0 Å². The molecular weight excluding hydrogens is 272 g/mol. The van der Waals surface area contributed by atoms with Crippen LogP contribution >= 0.6 is 0 Å². The molecule has 0 radical (unpaired) electrons. The number of hydrogen-bond donors (Lipinski definition) is 1. The minimum absolute atomic E-state index is 0.696. The highest BCUT2D eigenvalue weighted by Crippen LogP contribution is 2.11. The lowest BCUT2D eigenvalue weighted by Crippen LogP contribution is -2.60. The van der Waals surface area contributed by atoms with Gasteiger partial charge in [-0.3, -0.25) is 0 Å². The molecule has 0 aromatic heterocycles. The molecule has 0 unspecified atom stereocenters. The maximum absolute atomic E-state index is 11.5. The van der Waals surface area contributed by atoms with Gasteiger partial charge in [-0.1, -0.05) is 91.0 Å². The molecule has 21 heavy (non-hydrogen) atoms. The third-order valence-corrected chi connectivity index (χ3v) is 7.30. The van der Waals surface area contributed by atoms with E-state index in [2.05, 4.69) is 12.1 Å². The van der Waals surface area contributed by atoms with E-state index in [9.17, 15) is 4.80 Å². The van der Waals surface area contributed by atoms with E-state index >= 15 is 0 Å². The molecule has 0 fully saturated rings. The van der Waals surface area contributed by atoms with E-state index in [-0.39, 0.29) is 0 Å². The first-order valence-electron chi connectivity index (χ1n) is 7.16. The smallest absolute Gasteiger partial charge is 0.256 e. The maximum atomic E-state index is 11.5. The van der Waals surface area contributed by atoms with Crippen molar-refractivity contribution in [2.24, 2.45) is 0 Å². The van der Waals surface area contributed by atoms with Gasteiger partial charge < -0.3 is 4.80 Å². The number of rotatable bonds is 4. The fourth-order valence-corrected chi connectivity index (χ4v) is 5.75. The normalized spacial score (nSPS) is 11.3. The van der Waals surface area contributed by atoms with Crippen molar-refractivity contribution < 1.29 is 4.80 Å². The summed E-state index contributed by atoms with van der Waals surface area (Å²) in [6.45, 7) is 0. The van der Waals surface area contributed by atoms with E-state index in [0.717, 1.165) is 10.4 Å². The van der Waals surface area contributed by atoms with E-state index < -0.39 is 8.32 Å².